The van der Waals surface area contributed by atoms with Crippen LogP contribution < -0.4 is 10.5 Å². The Morgan fingerprint density at radius 2 is 2.20 bits per heavy atom. The molecule has 0 aliphatic heterocycles. The second-order valence-corrected chi connectivity index (χ2v) is 3.15. The van der Waals surface area contributed by atoms with Gasteiger partial charge >= 0.3 is 0 Å². The van der Waals surface area contributed by atoms with Crippen molar-refractivity contribution < 1.29 is 4.74 Å². The molecule has 0 atom stereocenters. The van der Waals surface area contributed by atoms with Crippen molar-refractivity contribution in [3.63, 3.8) is 0 Å². The number of ether oxygens (including phenoxy) is 1. The van der Waals surface area contributed by atoms with Crippen LogP contribution in [0.25, 0.3) is 5.69 Å². The zero-order valence-electron chi connectivity index (χ0n) is 8.64. The van der Waals surface area contributed by atoms with E-state index in [0.29, 0.717) is 11.4 Å². The van der Waals surface area contributed by atoms with Crippen LogP contribution in [-0.2, 0) is 0 Å². The topological polar surface area (TPSA) is 66.0 Å². The van der Waals surface area contributed by atoms with Crippen LogP contribution >= 0.6 is 0 Å². The van der Waals surface area contributed by atoms with Crippen molar-refractivity contribution >= 4 is 5.69 Å². The number of hydrogen-bond donors (Lipinski definition) is 1. The maximum Gasteiger partial charge on any atom is 0.146 e. The van der Waals surface area contributed by atoms with Crippen molar-refractivity contribution in [2.45, 2.75) is 6.92 Å². The first-order valence-corrected chi connectivity index (χ1v) is 4.53. The molecule has 1 aromatic carbocycles. The first-order chi connectivity index (χ1) is 7.22. The summed E-state index contributed by atoms with van der Waals surface area (Å²) in [5, 5.41) is 4.11. The Morgan fingerprint density at radius 1 is 1.40 bits per heavy atom. The van der Waals surface area contributed by atoms with Gasteiger partial charge in [0.1, 0.15) is 23.6 Å². The summed E-state index contributed by atoms with van der Waals surface area (Å²) in [6.07, 6.45) is 1.51. The Labute approximate surface area is 87.5 Å². The standard InChI is InChI=1S/C10H12N4O/c1-7-12-6-13-14(7)9-4-3-8(11)5-10(9)15-2/h3-6H,11H2,1-2H3. The van der Waals surface area contributed by atoms with Gasteiger partial charge in [-0.05, 0) is 19.1 Å². The summed E-state index contributed by atoms with van der Waals surface area (Å²) in [6.45, 7) is 1.88. The third kappa shape index (κ3) is 1.63. The van der Waals surface area contributed by atoms with Crippen LogP contribution in [0.4, 0.5) is 5.69 Å². The molecule has 2 rings (SSSR count). The van der Waals surface area contributed by atoms with Crippen molar-refractivity contribution in [1.82, 2.24) is 14.8 Å². The maximum absolute atomic E-state index is 5.67. The molecule has 0 aliphatic rings. The van der Waals surface area contributed by atoms with Gasteiger partial charge in [-0.1, -0.05) is 0 Å². The third-order valence-corrected chi connectivity index (χ3v) is 2.15. The number of nitrogen functional groups attached to an aromatic ring is 1. The number of aryl methyl sites for hydroxylation is 1. The first-order valence-electron chi connectivity index (χ1n) is 4.53. The minimum absolute atomic E-state index is 0.661. The molecule has 1 aromatic heterocycles. The second kappa shape index (κ2) is 3.61. The highest BCUT2D eigenvalue weighted by molar-refractivity contribution is 5.55. The van der Waals surface area contributed by atoms with Crippen molar-refractivity contribution in [2.24, 2.45) is 0 Å². The molecule has 2 N–H and O–H groups in total. The SMILES string of the molecule is COc1cc(N)ccc1-n1ncnc1C. The number of anilines is 1. The fourth-order valence-corrected chi connectivity index (χ4v) is 1.40. The molecule has 5 heteroatoms. The number of hydrogen-bond acceptors (Lipinski definition) is 4. The van der Waals surface area contributed by atoms with Gasteiger partial charge in [-0.15, -0.1) is 0 Å². The quantitative estimate of drug-likeness (QED) is 0.745. The van der Waals surface area contributed by atoms with Crippen LogP contribution in [0.1, 0.15) is 5.82 Å². The Kier molecular flexibility index (Phi) is 2.29. The molecule has 15 heavy (non-hydrogen) atoms. The van der Waals surface area contributed by atoms with Gasteiger partial charge in [0.2, 0.25) is 0 Å². The minimum atomic E-state index is 0.661. The van der Waals surface area contributed by atoms with E-state index in [4.69, 9.17) is 10.5 Å². The smallest absolute Gasteiger partial charge is 0.146 e. The summed E-state index contributed by atoms with van der Waals surface area (Å²) in [5.74, 6) is 1.49. The highest BCUT2D eigenvalue weighted by Gasteiger charge is 2.08. The average molecular weight is 204 g/mol. The average Bonchev–Trinajstić information content (AvgIpc) is 2.64. The largest absolute Gasteiger partial charge is 0.494 e. The highest BCUT2D eigenvalue weighted by atomic mass is 16.5. The number of rotatable bonds is 2. The molecule has 0 spiro atoms. The molecule has 0 saturated heterocycles. The number of methoxy groups -OCH3 is 1. The summed E-state index contributed by atoms with van der Waals surface area (Å²) in [6, 6.07) is 5.42. The Balaban J connectivity index is 2.58. The summed E-state index contributed by atoms with van der Waals surface area (Å²) in [4.78, 5) is 4.06. The second-order valence-electron chi connectivity index (χ2n) is 3.15. The fourth-order valence-electron chi connectivity index (χ4n) is 1.40. The summed E-state index contributed by atoms with van der Waals surface area (Å²) in [7, 11) is 1.60. The minimum Gasteiger partial charge on any atom is -0.494 e. The van der Waals surface area contributed by atoms with E-state index in [-0.39, 0.29) is 0 Å². The third-order valence-electron chi connectivity index (χ3n) is 2.15. The molecule has 0 radical (unpaired) electrons. The molecule has 2 aromatic rings. The van der Waals surface area contributed by atoms with E-state index in [9.17, 15) is 0 Å². The zero-order chi connectivity index (χ0) is 10.8. The molecule has 78 valence electrons. The summed E-state index contributed by atoms with van der Waals surface area (Å²) in [5.41, 5.74) is 7.16. The van der Waals surface area contributed by atoms with Gasteiger partial charge in [0, 0.05) is 11.8 Å². The number of nitrogens with zero attached hydrogens (tertiary/aromatic N) is 3. The Bertz CT molecular complexity index is 478. The van der Waals surface area contributed by atoms with E-state index < -0.39 is 0 Å². The first kappa shape index (κ1) is 9.51. The predicted octanol–water partition coefficient (Wildman–Crippen LogP) is 1.17. The normalized spacial score (nSPS) is 10.3. The van der Waals surface area contributed by atoms with Crippen LogP contribution in [0.2, 0.25) is 0 Å². The van der Waals surface area contributed by atoms with E-state index in [1.165, 1.54) is 6.33 Å². The van der Waals surface area contributed by atoms with Gasteiger partial charge in [-0.25, -0.2) is 9.67 Å². The van der Waals surface area contributed by atoms with Crippen LogP contribution in [-0.4, -0.2) is 21.9 Å². The lowest BCUT2D eigenvalue weighted by atomic mass is 10.2. The maximum atomic E-state index is 5.67. The molecule has 0 amide bonds. The highest BCUT2D eigenvalue weighted by Crippen LogP contribution is 2.25. The summed E-state index contributed by atoms with van der Waals surface area (Å²) >= 11 is 0. The Hall–Kier alpha value is -2.04. The molecule has 5 nitrogen and oxygen atoms in total. The van der Waals surface area contributed by atoms with Crippen molar-refractivity contribution in [1.29, 1.82) is 0 Å². The number of benzene rings is 1. The zero-order valence-corrected chi connectivity index (χ0v) is 8.64. The van der Waals surface area contributed by atoms with Gasteiger partial charge in [-0.3, -0.25) is 0 Å². The fraction of sp³-hybridized carbons (Fsp3) is 0.200. The van der Waals surface area contributed by atoms with Crippen molar-refractivity contribution in [3.05, 3.63) is 30.4 Å². The number of nitrogens with two attached hydrogens (primary N) is 1. The van der Waals surface area contributed by atoms with Crippen LogP contribution in [0.5, 0.6) is 5.75 Å². The molecular weight excluding hydrogens is 192 g/mol. The Morgan fingerprint density at radius 3 is 2.80 bits per heavy atom. The van der Waals surface area contributed by atoms with E-state index in [1.807, 2.05) is 13.0 Å². The number of aromatic nitrogens is 3. The summed E-state index contributed by atoms with van der Waals surface area (Å²) < 4.78 is 6.94. The van der Waals surface area contributed by atoms with Gasteiger partial charge in [0.25, 0.3) is 0 Å². The van der Waals surface area contributed by atoms with Crippen LogP contribution in [0, 0.1) is 6.92 Å². The molecular formula is C10H12N4O. The lowest BCUT2D eigenvalue weighted by Gasteiger charge is -2.09. The molecule has 0 saturated carbocycles. The van der Waals surface area contributed by atoms with E-state index >= 15 is 0 Å². The van der Waals surface area contributed by atoms with Crippen LogP contribution in [0.15, 0.2) is 24.5 Å². The van der Waals surface area contributed by atoms with E-state index in [2.05, 4.69) is 10.1 Å². The molecule has 0 aliphatic carbocycles. The van der Waals surface area contributed by atoms with Crippen molar-refractivity contribution in [3.8, 4) is 11.4 Å². The predicted molar refractivity (Wildman–Crippen MR) is 57.1 cm³/mol. The molecule has 0 bridgehead atoms. The molecule has 0 unspecified atom stereocenters. The van der Waals surface area contributed by atoms with Gasteiger partial charge in [0.15, 0.2) is 0 Å². The van der Waals surface area contributed by atoms with Gasteiger partial charge in [-0.2, -0.15) is 5.10 Å². The van der Waals surface area contributed by atoms with Crippen LogP contribution in [0.3, 0.4) is 0 Å². The van der Waals surface area contributed by atoms with E-state index in [1.54, 1.807) is 23.9 Å². The molecule has 1 heterocycles. The lowest BCUT2D eigenvalue weighted by molar-refractivity contribution is 0.411. The van der Waals surface area contributed by atoms with E-state index in [0.717, 1.165) is 11.5 Å². The van der Waals surface area contributed by atoms with Crippen molar-refractivity contribution in [2.75, 3.05) is 12.8 Å². The van der Waals surface area contributed by atoms with Gasteiger partial charge < -0.3 is 10.5 Å². The lowest BCUT2D eigenvalue weighted by Crippen LogP contribution is -2.02. The molecule has 0 fully saturated rings. The monoisotopic (exact) mass is 204 g/mol. The van der Waals surface area contributed by atoms with Gasteiger partial charge in [0.05, 0.1) is 7.11 Å².